The maximum absolute atomic E-state index is 2.46. The highest BCUT2D eigenvalue weighted by Gasteiger charge is 2.34. The Morgan fingerprint density at radius 3 is 1.71 bits per heavy atom. The van der Waals surface area contributed by atoms with Crippen LogP contribution < -0.4 is 10.4 Å². The topological polar surface area (TPSA) is 0 Å². The third-order valence-corrected chi connectivity index (χ3v) is 8.48. The van der Waals surface area contributed by atoms with Crippen LogP contribution >= 0.6 is 0 Å². The molecular formula is C22H30BSi. The van der Waals surface area contributed by atoms with Crippen LogP contribution in [0.5, 0.6) is 0 Å². The molecule has 0 aliphatic heterocycles. The fourth-order valence-electron chi connectivity index (χ4n) is 3.81. The second-order valence-corrected chi connectivity index (χ2v) is 9.16. The molecule has 0 aliphatic carbocycles. The van der Waals surface area contributed by atoms with Crippen LogP contribution in [0.3, 0.4) is 0 Å². The first-order valence-corrected chi connectivity index (χ1v) is 10.9. The smallest absolute Gasteiger partial charge is 0.0866 e. The summed E-state index contributed by atoms with van der Waals surface area (Å²) in [5.74, 6) is 0. The van der Waals surface area contributed by atoms with Crippen LogP contribution in [0.4, 0.5) is 0 Å². The van der Waals surface area contributed by atoms with Crippen LogP contribution in [0, 0.1) is 0 Å². The van der Waals surface area contributed by atoms with E-state index in [0.717, 1.165) is 13.1 Å². The Labute approximate surface area is 150 Å². The molecule has 0 nitrogen and oxygen atoms in total. The highest BCUT2D eigenvalue weighted by Crippen LogP contribution is 2.29. The van der Waals surface area contributed by atoms with Gasteiger partial charge in [0.2, 0.25) is 0 Å². The van der Waals surface area contributed by atoms with Crippen LogP contribution in [-0.2, 0) is 0 Å². The second-order valence-electron chi connectivity index (χ2n) is 6.56. The molecule has 1 unspecified atom stereocenters. The van der Waals surface area contributed by atoms with E-state index in [1.165, 1.54) is 23.0 Å². The van der Waals surface area contributed by atoms with E-state index in [-0.39, 0.29) is 0 Å². The molecule has 1 atom stereocenters. The van der Waals surface area contributed by atoms with Gasteiger partial charge in [0, 0.05) is 0 Å². The molecule has 24 heavy (non-hydrogen) atoms. The predicted molar refractivity (Wildman–Crippen MR) is 112 cm³/mol. The van der Waals surface area contributed by atoms with Crippen molar-refractivity contribution in [3.05, 3.63) is 72.3 Å². The molecule has 0 N–H and O–H groups in total. The van der Waals surface area contributed by atoms with E-state index in [0.29, 0.717) is 5.44 Å². The van der Waals surface area contributed by atoms with E-state index >= 15 is 0 Å². The number of allylic oxidation sites excluding steroid dienone is 2. The Kier molecular flexibility index (Phi) is 7.58. The second kappa shape index (κ2) is 9.68. The fourth-order valence-corrected chi connectivity index (χ4v) is 7.48. The van der Waals surface area contributed by atoms with Crippen molar-refractivity contribution in [2.24, 2.45) is 0 Å². The third kappa shape index (κ3) is 4.51. The maximum Gasteiger partial charge on any atom is 0.144 e. The summed E-state index contributed by atoms with van der Waals surface area (Å²) in [6, 6.07) is 22.4. The van der Waals surface area contributed by atoms with Crippen molar-refractivity contribution < 1.29 is 0 Å². The van der Waals surface area contributed by atoms with E-state index < -0.39 is 8.80 Å². The molecule has 0 saturated carbocycles. The zero-order chi connectivity index (χ0) is 17.4. The third-order valence-electron chi connectivity index (χ3n) is 5.02. The van der Waals surface area contributed by atoms with Crippen molar-refractivity contribution in [2.45, 2.75) is 52.2 Å². The van der Waals surface area contributed by atoms with Gasteiger partial charge in [0.05, 0.1) is 0 Å². The van der Waals surface area contributed by atoms with Crippen LogP contribution in [0.15, 0.2) is 72.3 Å². The van der Waals surface area contributed by atoms with Gasteiger partial charge < -0.3 is 0 Å². The molecule has 2 rings (SSSR count). The summed E-state index contributed by atoms with van der Waals surface area (Å²) in [5, 5.41) is 3.07. The van der Waals surface area contributed by atoms with Gasteiger partial charge in [-0.1, -0.05) is 116 Å². The van der Waals surface area contributed by atoms with Crippen LogP contribution in [0.1, 0.15) is 34.1 Å². The Hall–Kier alpha value is -1.54. The Morgan fingerprint density at radius 2 is 1.33 bits per heavy atom. The van der Waals surface area contributed by atoms with Gasteiger partial charge in [-0.15, -0.1) is 0 Å². The molecule has 1 radical (unpaired) electrons. The molecule has 0 aliphatic rings. The molecule has 2 aromatic rings. The lowest BCUT2D eigenvalue weighted by Crippen LogP contribution is -2.50. The lowest BCUT2D eigenvalue weighted by Gasteiger charge is -2.32. The monoisotopic (exact) mass is 333 g/mol. The highest BCUT2D eigenvalue weighted by atomic mass is 28.3. The van der Waals surface area contributed by atoms with Gasteiger partial charge in [0.25, 0.3) is 0 Å². The first kappa shape index (κ1) is 18.8. The SMILES string of the molecule is CC/C=C(\C)C(B(CC)CC)[Si](c1ccccc1)c1ccccc1. The van der Waals surface area contributed by atoms with Crippen molar-refractivity contribution in [2.75, 3.05) is 0 Å². The highest BCUT2D eigenvalue weighted by molar-refractivity contribution is 6.95. The van der Waals surface area contributed by atoms with Gasteiger partial charge in [0.15, 0.2) is 0 Å². The van der Waals surface area contributed by atoms with Crippen LogP contribution in [0.2, 0.25) is 18.1 Å². The minimum absolute atomic E-state index is 0.662. The Bertz CT molecular complexity index is 577. The quantitative estimate of drug-likeness (QED) is 0.466. The molecule has 2 heteroatoms. The van der Waals surface area contributed by atoms with Crippen molar-refractivity contribution in [3.63, 3.8) is 0 Å². The number of benzene rings is 2. The Morgan fingerprint density at radius 1 is 0.875 bits per heavy atom. The van der Waals surface area contributed by atoms with Crippen molar-refractivity contribution in [1.82, 2.24) is 0 Å². The summed E-state index contributed by atoms with van der Waals surface area (Å²) in [6.45, 7) is 10.1. The van der Waals surface area contributed by atoms with E-state index in [1.54, 1.807) is 5.57 Å². The van der Waals surface area contributed by atoms with Crippen LogP contribution in [-0.4, -0.2) is 15.5 Å². The average Bonchev–Trinajstić information content (AvgIpc) is 2.63. The minimum atomic E-state index is -0.850. The molecule has 0 heterocycles. The van der Waals surface area contributed by atoms with Crippen molar-refractivity contribution >= 4 is 25.9 Å². The standard InChI is InChI=1S/C22H30BSi/c1-5-14-19(4)22(23(6-2)7-3)24(20-15-10-8-11-16-20)21-17-12-9-13-18-21/h8-18,22H,5-7H2,1-4H3/b19-14+. The first-order chi connectivity index (χ1) is 11.7. The lowest BCUT2D eigenvalue weighted by atomic mass is 9.42. The largest absolute Gasteiger partial charge is 0.144 e. The summed E-state index contributed by atoms with van der Waals surface area (Å²) in [6.07, 6.45) is 6.09. The fraction of sp³-hybridized carbons (Fsp3) is 0.364. The Balaban J connectivity index is 2.58. The molecule has 0 bridgehead atoms. The summed E-state index contributed by atoms with van der Waals surface area (Å²) >= 11 is 0. The summed E-state index contributed by atoms with van der Waals surface area (Å²) < 4.78 is 0. The molecule has 0 saturated heterocycles. The van der Waals surface area contributed by atoms with Gasteiger partial charge in [-0.25, -0.2) is 0 Å². The summed E-state index contributed by atoms with van der Waals surface area (Å²) in [5.41, 5.74) is 2.25. The normalized spacial score (nSPS) is 13.1. The molecular weight excluding hydrogens is 303 g/mol. The van der Waals surface area contributed by atoms with Gasteiger partial charge in [0.1, 0.15) is 15.5 Å². The van der Waals surface area contributed by atoms with E-state index in [9.17, 15) is 0 Å². The first-order valence-electron chi connectivity index (χ1n) is 9.37. The van der Waals surface area contributed by atoms with Crippen LogP contribution in [0.25, 0.3) is 0 Å². The van der Waals surface area contributed by atoms with Crippen molar-refractivity contribution in [3.8, 4) is 0 Å². The molecule has 0 aromatic heterocycles. The molecule has 0 fully saturated rings. The molecule has 0 amide bonds. The summed E-state index contributed by atoms with van der Waals surface area (Å²) in [4.78, 5) is 0. The van der Waals surface area contributed by atoms with E-state index in [1.807, 2.05) is 0 Å². The van der Waals surface area contributed by atoms with E-state index in [2.05, 4.69) is 94.4 Å². The minimum Gasteiger partial charge on any atom is -0.0866 e. The zero-order valence-electron chi connectivity index (χ0n) is 15.6. The lowest BCUT2D eigenvalue weighted by molar-refractivity contribution is 1.11. The number of hydrogen-bond donors (Lipinski definition) is 0. The molecule has 125 valence electrons. The van der Waals surface area contributed by atoms with Gasteiger partial charge in [-0.05, 0) is 18.8 Å². The number of hydrogen-bond acceptors (Lipinski definition) is 0. The average molecular weight is 333 g/mol. The van der Waals surface area contributed by atoms with Gasteiger partial charge in [-0.2, -0.15) is 0 Å². The van der Waals surface area contributed by atoms with Gasteiger partial charge >= 0.3 is 0 Å². The van der Waals surface area contributed by atoms with E-state index in [4.69, 9.17) is 0 Å². The van der Waals surface area contributed by atoms with Gasteiger partial charge in [-0.3, -0.25) is 0 Å². The predicted octanol–water partition coefficient (Wildman–Crippen LogP) is 5.10. The maximum atomic E-state index is 2.46. The zero-order valence-corrected chi connectivity index (χ0v) is 16.6. The molecule has 0 spiro atoms. The summed E-state index contributed by atoms with van der Waals surface area (Å²) in [7, 11) is -0.850. The number of rotatable bonds is 8. The molecule has 2 aromatic carbocycles. The van der Waals surface area contributed by atoms with Crippen molar-refractivity contribution in [1.29, 1.82) is 0 Å².